The van der Waals surface area contributed by atoms with Crippen LogP contribution in [0.25, 0.3) is 0 Å². The molecular formula is C19H22BrNO3. The van der Waals surface area contributed by atoms with E-state index in [9.17, 15) is 4.79 Å². The highest BCUT2D eigenvalue weighted by atomic mass is 79.9. The molecule has 24 heavy (non-hydrogen) atoms. The lowest BCUT2D eigenvalue weighted by Crippen LogP contribution is -2.25. The molecule has 0 aliphatic carbocycles. The van der Waals surface area contributed by atoms with Crippen LogP contribution in [0.1, 0.15) is 28.4 Å². The van der Waals surface area contributed by atoms with Crippen molar-refractivity contribution in [3.8, 4) is 11.5 Å². The Bertz CT molecular complexity index is 699. The maximum absolute atomic E-state index is 12.2. The molecule has 0 aliphatic rings. The highest BCUT2D eigenvalue weighted by Gasteiger charge is 2.10. The minimum absolute atomic E-state index is 0.0609. The van der Waals surface area contributed by atoms with Gasteiger partial charge < -0.3 is 14.8 Å². The number of methoxy groups -OCH3 is 2. The Morgan fingerprint density at radius 1 is 1.08 bits per heavy atom. The topological polar surface area (TPSA) is 47.6 Å². The first kappa shape index (κ1) is 18.3. The molecule has 0 bridgehead atoms. The van der Waals surface area contributed by atoms with Crippen molar-refractivity contribution in [2.75, 3.05) is 20.8 Å². The normalized spacial score (nSPS) is 10.3. The Morgan fingerprint density at radius 2 is 1.71 bits per heavy atom. The smallest absolute Gasteiger partial charge is 0.251 e. The van der Waals surface area contributed by atoms with E-state index in [-0.39, 0.29) is 5.91 Å². The Morgan fingerprint density at radius 3 is 2.29 bits per heavy atom. The predicted molar refractivity (Wildman–Crippen MR) is 99.1 cm³/mol. The third kappa shape index (κ3) is 4.51. The van der Waals surface area contributed by atoms with E-state index in [1.54, 1.807) is 14.2 Å². The molecule has 1 amide bonds. The van der Waals surface area contributed by atoms with E-state index >= 15 is 0 Å². The highest BCUT2D eigenvalue weighted by molar-refractivity contribution is 9.10. The first-order chi connectivity index (χ1) is 11.6. The van der Waals surface area contributed by atoms with Gasteiger partial charge in [-0.1, -0.05) is 35.0 Å². The molecule has 0 heterocycles. The van der Waals surface area contributed by atoms with Gasteiger partial charge in [0.25, 0.3) is 5.91 Å². The quantitative estimate of drug-likeness (QED) is 0.775. The van der Waals surface area contributed by atoms with Crippen LogP contribution in [0, 0.1) is 0 Å². The van der Waals surface area contributed by atoms with Crippen LogP contribution in [0.4, 0.5) is 0 Å². The molecule has 128 valence electrons. The summed E-state index contributed by atoms with van der Waals surface area (Å²) in [6.07, 6.45) is 1.66. The zero-order chi connectivity index (χ0) is 17.5. The van der Waals surface area contributed by atoms with Gasteiger partial charge in [0.1, 0.15) is 0 Å². The maximum Gasteiger partial charge on any atom is 0.251 e. The van der Waals surface area contributed by atoms with E-state index < -0.39 is 0 Å². The third-order valence-corrected chi connectivity index (χ3v) is 4.60. The monoisotopic (exact) mass is 391 g/mol. The summed E-state index contributed by atoms with van der Waals surface area (Å²) in [5, 5.41) is 2.95. The van der Waals surface area contributed by atoms with Crippen LogP contribution in [0.3, 0.4) is 0 Å². The number of nitrogens with one attached hydrogen (secondary N) is 1. The number of hydrogen-bond acceptors (Lipinski definition) is 3. The second kappa shape index (κ2) is 8.73. The molecule has 0 aliphatic heterocycles. The average Bonchev–Trinajstić information content (AvgIpc) is 2.62. The summed E-state index contributed by atoms with van der Waals surface area (Å²) in [6, 6.07) is 11.5. The molecule has 4 nitrogen and oxygen atoms in total. The molecule has 0 saturated heterocycles. The second-order valence-electron chi connectivity index (χ2n) is 5.35. The van der Waals surface area contributed by atoms with E-state index in [1.165, 1.54) is 5.56 Å². The van der Waals surface area contributed by atoms with Gasteiger partial charge in [-0.25, -0.2) is 0 Å². The molecule has 1 N–H and O–H groups in total. The number of halogens is 1. The molecule has 5 heteroatoms. The van der Waals surface area contributed by atoms with E-state index in [0.29, 0.717) is 30.0 Å². The van der Waals surface area contributed by atoms with E-state index in [0.717, 1.165) is 16.5 Å². The van der Waals surface area contributed by atoms with Gasteiger partial charge >= 0.3 is 0 Å². The van der Waals surface area contributed by atoms with Crippen LogP contribution in [0.2, 0.25) is 0 Å². The lowest BCUT2D eigenvalue weighted by Gasteiger charge is -2.12. The summed E-state index contributed by atoms with van der Waals surface area (Å²) in [7, 11) is 3.21. The largest absolute Gasteiger partial charge is 0.493 e. The number of ether oxygens (including phenoxy) is 2. The van der Waals surface area contributed by atoms with Crippen LogP contribution < -0.4 is 14.8 Å². The van der Waals surface area contributed by atoms with Gasteiger partial charge in [-0.05, 0) is 48.2 Å². The van der Waals surface area contributed by atoms with Gasteiger partial charge in [0.2, 0.25) is 0 Å². The number of carbonyl (C=O) groups excluding carboxylic acids is 1. The average molecular weight is 392 g/mol. The van der Waals surface area contributed by atoms with Gasteiger partial charge in [-0.15, -0.1) is 0 Å². The molecule has 0 aromatic heterocycles. The maximum atomic E-state index is 12.2. The first-order valence-corrected chi connectivity index (χ1v) is 8.65. The van der Waals surface area contributed by atoms with E-state index in [4.69, 9.17) is 9.47 Å². The van der Waals surface area contributed by atoms with Crippen molar-refractivity contribution in [1.29, 1.82) is 0 Å². The molecule has 0 fully saturated rings. The fraction of sp³-hybridized carbons (Fsp3) is 0.316. The number of amides is 1. The van der Waals surface area contributed by atoms with Crippen molar-refractivity contribution in [3.63, 3.8) is 0 Å². The summed E-state index contributed by atoms with van der Waals surface area (Å²) in [5.74, 6) is 1.29. The molecule has 2 aromatic rings. The molecule has 0 spiro atoms. The molecule has 0 radical (unpaired) electrons. The SMILES string of the molecule is CCc1ccc(C(=O)NCCc2cc(OC)c(OC)cc2Br)cc1. The second-order valence-corrected chi connectivity index (χ2v) is 6.21. The van der Waals surface area contributed by atoms with Gasteiger partial charge in [-0.3, -0.25) is 4.79 Å². The van der Waals surface area contributed by atoms with Crippen molar-refractivity contribution in [2.45, 2.75) is 19.8 Å². The summed E-state index contributed by atoms with van der Waals surface area (Å²) >= 11 is 3.53. The van der Waals surface area contributed by atoms with Gasteiger partial charge in [0, 0.05) is 16.6 Å². The van der Waals surface area contributed by atoms with Gasteiger partial charge in [0.05, 0.1) is 14.2 Å². The predicted octanol–water partition coefficient (Wildman–Crippen LogP) is 4.00. The van der Waals surface area contributed by atoms with Crippen LogP contribution in [-0.4, -0.2) is 26.7 Å². The molecule has 0 saturated carbocycles. The lowest BCUT2D eigenvalue weighted by molar-refractivity contribution is 0.0954. The lowest BCUT2D eigenvalue weighted by atomic mass is 10.1. The van der Waals surface area contributed by atoms with Crippen molar-refractivity contribution in [2.24, 2.45) is 0 Å². The number of benzene rings is 2. The zero-order valence-corrected chi connectivity index (χ0v) is 15.8. The number of aryl methyl sites for hydroxylation is 1. The van der Waals surface area contributed by atoms with Crippen molar-refractivity contribution in [3.05, 3.63) is 57.6 Å². The summed E-state index contributed by atoms with van der Waals surface area (Å²) in [5.41, 5.74) is 2.95. The number of rotatable bonds is 7. The number of carbonyl (C=O) groups is 1. The molecule has 0 unspecified atom stereocenters. The highest BCUT2D eigenvalue weighted by Crippen LogP contribution is 2.33. The van der Waals surface area contributed by atoms with Crippen molar-refractivity contribution >= 4 is 21.8 Å². The standard InChI is InChI=1S/C19H22BrNO3/c1-4-13-5-7-14(8-6-13)19(22)21-10-9-15-11-17(23-2)18(24-3)12-16(15)20/h5-8,11-12H,4,9-10H2,1-3H3,(H,21,22). The van der Waals surface area contributed by atoms with Crippen molar-refractivity contribution < 1.29 is 14.3 Å². The zero-order valence-electron chi connectivity index (χ0n) is 14.2. The summed E-state index contributed by atoms with van der Waals surface area (Å²) < 4.78 is 11.5. The fourth-order valence-corrected chi connectivity index (χ4v) is 2.91. The van der Waals surface area contributed by atoms with Crippen LogP contribution in [0.15, 0.2) is 40.9 Å². The Hall–Kier alpha value is -2.01. The summed E-state index contributed by atoms with van der Waals surface area (Å²) in [4.78, 5) is 12.2. The fourth-order valence-electron chi connectivity index (χ4n) is 2.39. The Balaban J connectivity index is 1.97. The molecule has 2 aromatic carbocycles. The number of hydrogen-bond donors (Lipinski definition) is 1. The minimum Gasteiger partial charge on any atom is -0.493 e. The molecule has 2 rings (SSSR count). The van der Waals surface area contributed by atoms with Crippen LogP contribution in [0.5, 0.6) is 11.5 Å². The van der Waals surface area contributed by atoms with Gasteiger partial charge in [-0.2, -0.15) is 0 Å². The third-order valence-electron chi connectivity index (χ3n) is 3.86. The first-order valence-electron chi connectivity index (χ1n) is 7.86. The molecule has 0 atom stereocenters. The minimum atomic E-state index is -0.0609. The van der Waals surface area contributed by atoms with Crippen LogP contribution in [-0.2, 0) is 12.8 Å². The summed E-state index contributed by atoms with van der Waals surface area (Å²) in [6.45, 7) is 2.64. The van der Waals surface area contributed by atoms with Crippen molar-refractivity contribution in [1.82, 2.24) is 5.32 Å². The van der Waals surface area contributed by atoms with E-state index in [1.807, 2.05) is 36.4 Å². The van der Waals surface area contributed by atoms with E-state index in [2.05, 4.69) is 28.2 Å². The van der Waals surface area contributed by atoms with Crippen LogP contribution >= 0.6 is 15.9 Å². The Kier molecular flexibility index (Phi) is 6.67. The molecular weight excluding hydrogens is 370 g/mol. The van der Waals surface area contributed by atoms with Gasteiger partial charge in [0.15, 0.2) is 11.5 Å². The Labute approximate surface area is 151 Å².